The molecule has 0 aliphatic rings. The third-order valence-electron chi connectivity index (χ3n) is 3.51. The highest BCUT2D eigenvalue weighted by atomic mass is 35.5. The number of nitrogens with zero attached hydrogens (tertiary/aromatic N) is 2. The molecule has 2 unspecified atom stereocenters. The Hall–Kier alpha value is -0.190. The summed E-state index contributed by atoms with van der Waals surface area (Å²) < 4.78 is 1.93. The molecule has 1 rings (SSSR count). The second-order valence-corrected chi connectivity index (χ2v) is 6.78. The molecule has 2 atom stereocenters. The van der Waals surface area contributed by atoms with Gasteiger partial charge in [0.05, 0.1) is 16.4 Å². The fourth-order valence-electron chi connectivity index (χ4n) is 1.92. The molecule has 110 valence electrons. The van der Waals surface area contributed by atoms with Gasteiger partial charge in [0, 0.05) is 30.5 Å². The van der Waals surface area contributed by atoms with Crippen LogP contribution in [0.25, 0.3) is 0 Å². The van der Waals surface area contributed by atoms with Gasteiger partial charge in [0.2, 0.25) is 0 Å². The van der Waals surface area contributed by atoms with Gasteiger partial charge >= 0.3 is 0 Å². The number of thioether (sulfide) groups is 1. The maximum Gasteiger partial charge on any atom is 0.0850 e. The van der Waals surface area contributed by atoms with E-state index in [2.05, 4.69) is 31.2 Å². The van der Waals surface area contributed by atoms with Gasteiger partial charge in [-0.1, -0.05) is 32.4 Å². The fraction of sp³-hybridized carbons (Fsp3) is 0.786. The van der Waals surface area contributed by atoms with E-state index in [1.807, 2.05) is 30.5 Å². The fourth-order valence-corrected chi connectivity index (χ4v) is 3.37. The first-order valence-corrected chi connectivity index (χ1v) is 8.45. The minimum absolute atomic E-state index is 0.441. The number of hydrogen-bond acceptors (Lipinski definition) is 3. The minimum Gasteiger partial charge on any atom is -0.316 e. The molecule has 1 aromatic heterocycles. The van der Waals surface area contributed by atoms with Crippen molar-refractivity contribution in [2.24, 2.45) is 7.05 Å². The van der Waals surface area contributed by atoms with Crippen LogP contribution in [0.3, 0.4) is 0 Å². The van der Waals surface area contributed by atoms with Crippen LogP contribution >= 0.6 is 23.4 Å². The van der Waals surface area contributed by atoms with Gasteiger partial charge in [0.15, 0.2) is 0 Å². The lowest BCUT2D eigenvalue weighted by atomic mass is 10.1. The Morgan fingerprint density at radius 1 is 1.42 bits per heavy atom. The van der Waals surface area contributed by atoms with Crippen LogP contribution in [0.5, 0.6) is 0 Å². The largest absolute Gasteiger partial charge is 0.316 e. The molecule has 0 saturated carbocycles. The first-order chi connectivity index (χ1) is 9.03. The molecule has 1 N–H and O–H groups in total. The van der Waals surface area contributed by atoms with Crippen LogP contribution in [-0.4, -0.2) is 33.9 Å². The topological polar surface area (TPSA) is 29.9 Å². The van der Waals surface area contributed by atoms with Gasteiger partial charge in [0.25, 0.3) is 0 Å². The summed E-state index contributed by atoms with van der Waals surface area (Å²) in [5.41, 5.74) is 2.14. The van der Waals surface area contributed by atoms with Gasteiger partial charge in [-0.25, -0.2) is 0 Å². The third-order valence-corrected chi connectivity index (χ3v) is 5.44. The van der Waals surface area contributed by atoms with E-state index >= 15 is 0 Å². The van der Waals surface area contributed by atoms with E-state index in [1.165, 1.54) is 6.42 Å². The van der Waals surface area contributed by atoms with Gasteiger partial charge in [-0.05, 0) is 19.9 Å². The van der Waals surface area contributed by atoms with Crippen LogP contribution in [0.4, 0.5) is 0 Å². The summed E-state index contributed by atoms with van der Waals surface area (Å²) in [5, 5.41) is 9.43. The maximum absolute atomic E-state index is 6.40. The number of rotatable bonds is 8. The van der Waals surface area contributed by atoms with Gasteiger partial charge in [0.1, 0.15) is 0 Å². The SMILES string of the molecule is CCc1nn(C)c(CC(CSC(C)CC)NC)c1Cl. The summed E-state index contributed by atoms with van der Waals surface area (Å²) in [6.07, 6.45) is 3.04. The van der Waals surface area contributed by atoms with Gasteiger partial charge in [-0.15, -0.1) is 0 Å². The number of likely N-dealkylation sites (N-methyl/N-ethyl adjacent to an activating group) is 1. The minimum atomic E-state index is 0.441. The first-order valence-electron chi connectivity index (χ1n) is 7.02. The molecule has 0 spiro atoms. The second-order valence-electron chi connectivity index (χ2n) is 4.93. The van der Waals surface area contributed by atoms with E-state index in [9.17, 15) is 0 Å². The zero-order valence-corrected chi connectivity index (χ0v) is 14.2. The smallest absolute Gasteiger partial charge is 0.0850 e. The molecule has 19 heavy (non-hydrogen) atoms. The lowest BCUT2D eigenvalue weighted by Gasteiger charge is -2.18. The molecule has 5 heteroatoms. The number of halogens is 1. The van der Waals surface area contributed by atoms with Crippen LogP contribution in [-0.2, 0) is 19.9 Å². The third kappa shape index (κ3) is 4.69. The van der Waals surface area contributed by atoms with E-state index in [0.717, 1.165) is 35.0 Å². The van der Waals surface area contributed by atoms with Crippen LogP contribution in [0.15, 0.2) is 0 Å². The highest BCUT2D eigenvalue weighted by Crippen LogP contribution is 2.23. The highest BCUT2D eigenvalue weighted by molar-refractivity contribution is 7.99. The van der Waals surface area contributed by atoms with Crippen LogP contribution in [0, 0.1) is 0 Å². The van der Waals surface area contributed by atoms with Crippen molar-refractivity contribution in [3.8, 4) is 0 Å². The van der Waals surface area contributed by atoms with E-state index in [1.54, 1.807) is 0 Å². The second kappa shape index (κ2) is 8.18. The average Bonchev–Trinajstić information content (AvgIpc) is 2.69. The van der Waals surface area contributed by atoms with E-state index in [0.29, 0.717) is 11.3 Å². The van der Waals surface area contributed by atoms with Crippen LogP contribution in [0.1, 0.15) is 38.6 Å². The first kappa shape index (κ1) is 16.9. The summed E-state index contributed by atoms with van der Waals surface area (Å²) in [6, 6.07) is 0.441. The quantitative estimate of drug-likeness (QED) is 0.799. The Bertz CT molecular complexity index is 392. The van der Waals surface area contributed by atoms with Crippen molar-refractivity contribution in [1.29, 1.82) is 0 Å². The zero-order chi connectivity index (χ0) is 14.4. The Kier molecular flexibility index (Phi) is 7.26. The molecule has 0 fully saturated rings. The van der Waals surface area contributed by atoms with Crippen molar-refractivity contribution < 1.29 is 0 Å². The number of nitrogens with one attached hydrogen (secondary N) is 1. The lowest BCUT2D eigenvalue weighted by Crippen LogP contribution is -2.31. The Morgan fingerprint density at radius 2 is 2.11 bits per heavy atom. The molecule has 0 saturated heterocycles. The predicted octanol–water partition coefficient (Wildman–Crippen LogP) is 3.30. The van der Waals surface area contributed by atoms with Crippen molar-refractivity contribution in [2.75, 3.05) is 12.8 Å². The van der Waals surface area contributed by atoms with E-state index in [-0.39, 0.29) is 0 Å². The number of aryl methyl sites for hydroxylation is 2. The Labute approximate surface area is 126 Å². The summed E-state index contributed by atoms with van der Waals surface area (Å²) in [7, 11) is 4.00. The van der Waals surface area contributed by atoms with Gasteiger partial charge < -0.3 is 5.32 Å². The monoisotopic (exact) mass is 303 g/mol. The van der Waals surface area contributed by atoms with E-state index in [4.69, 9.17) is 11.6 Å². The van der Waals surface area contributed by atoms with Crippen molar-refractivity contribution in [3.05, 3.63) is 16.4 Å². The van der Waals surface area contributed by atoms with Crippen molar-refractivity contribution in [1.82, 2.24) is 15.1 Å². The van der Waals surface area contributed by atoms with Crippen molar-refractivity contribution in [3.63, 3.8) is 0 Å². The molecule has 0 aliphatic carbocycles. The van der Waals surface area contributed by atoms with Crippen molar-refractivity contribution in [2.45, 2.75) is 51.3 Å². The normalized spacial score (nSPS) is 14.6. The molecule has 1 aromatic rings. The zero-order valence-electron chi connectivity index (χ0n) is 12.7. The molecule has 0 aliphatic heterocycles. The predicted molar refractivity (Wildman–Crippen MR) is 86.4 cm³/mol. The summed E-state index contributed by atoms with van der Waals surface area (Å²) >= 11 is 8.42. The molecule has 0 radical (unpaired) electrons. The molecule has 0 amide bonds. The van der Waals surface area contributed by atoms with Crippen molar-refractivity contribution >= 4 is 23.4 Å². The summed E-state index contributed by atoms with van der Waals surface area (Å²) in [5.74, 6) is 1.11. The summed E-state index contributed by atoms with van der Waals surface area (Å²) in [6.45, 7) is 6.60. The Morgan fingerprint density at radius 3 is 2.58 bits per heavy atom. The molecular weight excluding hydrogens is 278 g/mol. The van der Waals surface area contributed by atoms with Crippen LogP contribution in [0.2, 0.25) is 5.02 Å². The standard InChI is InChI=1S/C14H26ClN3S/c1-6-10(3)19-9-11(16-4)8-13-14(15)12(7-2)17-18(13)5/h10-11,16H,6-9H2,1-5H3. The molecule has 0 aromatic carbocycles. The molecule has 3 nitrogen and oxygen atoms in total. The maximum atomic E-state index is 6.40. The average molecular weight is 304 g/mol. The van der Waals surface area contributed by atoms with Gasteiger partial charge in [-0.3, -0.25) is 4.68 Å². The van der Waals surface area contributed by atoms with Gasteiger partial charge in [-0.2, -0.15) is 16.9 Å². The number of hydrogen-bond donors (Lipinski definition) is 1. The number of aromatic nitrogens is 2. The molecular formula is C14H26ClN3S. The molecule has 1 heterocycles. The lowest BCUT2D eigenvalue weighted by molar-refractivity contribution is 0.580. The summed E-state index contributed by atoms with van der Waals surface area (Å²) in [4.78, 5) is 0. The molecule has 0 bridgehead atoms. The highest BCUT2D eigenvalue weighted by Gasteiger charge is 2.17. The van der Waals surface area contributed by atoms with Crippen LogP contribution < -0.4 is 5.32 Å². The Balaban J connectivity index is 2.67. The van der Waals surface area contributed by atoms with E-state index < -0.39 is 0 Å².